The van der Waals surface area contributed by atoms with E-state index in [1.54, 1.807) is 0 Å². The molecule has 2 aliphatic rings. The molecule has 0 spiro atoms. The molecule has 1 aliphatic heterocycles. The minimum atomic E-state index is 0.0611. The molecule has 1 aromatic rings. The largest absolute Gasteiger partial charge is 0.490 e. The summed E-state index contributed by atoms with van der Waals surface area (Å²) >= 11 is 0. The molecule has 0 aromatic heterocycles. The van der Waals surface area contributed by atoms with E-state index in [9.17, 15) is 4.79 Å². The van der Waals surface area contributed by atoms with Crippen molar-refractivity contribution in [1.82, 2.24) is 0 Å². The number of hydrogen-bond donors (Lipinski definition) is 0. The fourth-order valence-electron chi connectivity index (χ4n) is 2.70. The Morgan fingerprint density at radius 1 is 1.11 bits per heavy atom. The van der Waals surface area contributed by atoms with Crippen LogP contribution in [0.3, 0.4) is 0 Å². The lowest BCUT2D eigenvalue weighted by Crippen LogP contribution is -2.15. The molecule has 0 saturated heterocycles. The first-order chi connectivity index (χ1) is 8.83. The minimum absolute atomic E-state index is 0.0611. The average molecular weight is 246 g/mol. The molecule has 1 aliphatic carbocycles. The molecule has 1 saturated carbocycles. The van der Waals surface area contributed by atoms with Crippen LogP contribution in [0.25, 0.3) is 0 Å². The van der Waals surface area contributed by atoms with Crippen molar-refractivity contribution in [3.8, 4) is 11.5 Å². The first kappa shape index (κ1) is 11.6. The second-order valence-corrected chi connectivity index (χ2v) is 5.10. The van der Waals surface area contributed by atoms with Gasteiger partial charge in [0.25, 0.3) is 0 Å². The highest BCUT2D eigenvalue weighted by Gasteiger charge is 2.22. The van der Waals surface area contributed by atoms with E-state index in [-0.39, 0.29) is 12.4 Å². The first-order valence-corrected chi connectivity index (χ1v) is 6.79. The molecule has 3 heteroatoms. The van der Waals surface area contributed by atoms with Crippen LogP contribution in [-0.2, 0) is 0 Å². The third-order valence-corrected chi connectivity index (χ3v) is 3.72. The molecule has 1 aromatic carbocycles. The lowest BCUT2D eigenvalue weighted by atomic mass is 10.1. The lowest BCUT2D eigenvalue weighted by Gasteiger charge is -2.17. The molecule has 18 heavy (non-hydrogen) atoms. The SMILES string of the molecule is O=C1COc2cc(OC3CCCCCC3)ccc21. The molecule has 0 radical (unpaired) electrons. The third kappa shape index (κ3) is 2.35. The maximum atomic E-state index is 11.4. The molecule has 0 bridgehead atoms. The summed E-state index contributed by atoms with van der Waals surface area (Å²) in [4.78, 5) is 11.4. The predicted octanol–water partition coefficient (Wildman–Crippen LogP) is 3.36. The number of ketones is 1. The van der Waals surface area contributed by atoms with E-state index in [1.807, 2.05) is 18.2 Å². The van der Waals surface area contributed by atoms with E-state index < -0.39 is 0 Å². The van der Waals surface area contributed by atoms with Crippen LogP contribution in [0, 0.1) is 0 Å². The van der Waals surface area contributed by atoms with Crippen LogP contribution >= 0.6 is 0 Å². The molecule has 3 nitrogen and oxygen atoms in total. The number of ether oxygens (including phenoxy) is 2. The van der Waals surface area contributed by atoms with Crippen LogP contribution < -0.4 is 9.47 Å². The van der Waals surface area contributed by atoms with Crippen molar-refractivity contribution in [3.05, 3.63) is 23.8 Å². The fraction of sp³-hybridized carbons (Fsp3) is 0.533. The molecule has 0 atom stereocenters. The van der Waals surface area contributed by atoms with E-state index in [1.165, 1.54) is 25.7 Å². The summed E-state index contributed by atoms with van der Waals surface area (Å²) in [5.41, 5.74) is 0.684. The van der Waals surface area contributed by atoms with Gasteiger partial charge in [0, 0.05) is 6.07 Å². The number of benzene rings is 1. The standard InChI is InChI=1S/C15H18O3/c16-14-10-17-15-9-12(7-8-13(14)15)18-11-5-3-1-2-4-6-11/h7-9,11H,1-6,10H2. The fourth-order valence-corrected chi connectivity index (χ4v) is 2.70. The predicted molar refractivity (Wildman–Crippen MR) is 68.4 cm³/mol. The zero-order valence-corrected chi connectivity index (χ0v) is 10.5. The summed E-state index contributed by atoms with van der Waals surface area (Å²) in [5.74, 6) is 1.56. The third-order valence-electron chi connectivity index (χ3n) is 3.72. The summed E-state index contributed by atoms with van der Waals surface area (Å²) in [6, 6.07) is 5.55. The van der Waals surface area contributed by atoms with Crippen molar-refractivity contribution in [2.45, 2.75) is 44.6 Å². The van der Waals surface area contributed by atoms with Gasteiger partial charge in [-0.3, -0.25) is 4.79 Å². The van der Waals surface area contributed by atoms with Gasteiger partial charge in [-0.1, -0.05) is 12.8 Å². The number of carbonyl (C=O) groups excluding carboxylic acids is 1. The average Bonchev–Trinajstić information content (AvgIpc) is 2.60. The van der Waals surface area contributed by atoms with Gasteiger partial charge in [0.15, 0.2) is 6.61 Å². The van der Waals surface area contributed by atoms with Crippen molar-refractivity contribution in [2.24, 2.45) is 0 Å². The van der Waals surface area contributed by atoms with Gasteiger partial charge < -0.3 is 9.47 Å². The van der Waals surface area contributed by atoms with E-state index >= 15 is 0 Å². The molecule has 1 heterocycles. The van der Waals surface area contributed by atoms with Crippen LogP contribution in [0.2, 0.25) is 0 Å². The van der Waals surface area contributed by atoms with Gasteiger partial charge >= 0.3 is 0 Å². The normalized spacial score (nSPS) is 20.1. The van der Waals surface area contributed by atoms with Crippen LogP contribution in [0.5, 0.6) is 11.5 Å². The Kier molecular flexibility index (Phi) is 3.22. The Hall–Kier alpha value is -1.51. The maximum absolute atomic E-state index is 11.4. The summed E-state index contributed by atoms with van der Waals surface area (Å²) in [6.07, 6.45) is 7.74. The van der Waals surface area contributed by atoms with E-state index in [0.717, 1.165) is 18.6 Å². The number of Topliss-reactive ketones (excluding diaryl/α,β-unsaturated/α-hetero) is 1. The van der Waals surface area contributed by atoms with Gasteiger partial charge in [-0.2, -0.15) is 0 Å². The van der Waals surface area contributed by atoms with Crippen LogP contribution in [-0.4, -0.2) is 18.5 Å². The summed E-state index contributed by atoms with van der Waals surface area (Å²) < 4.78 is 11.3. The molecule has 0 amide bonds. The Bertz CT molecular complexity index is 445. The highest BCUT2D eigenvalue weighted by molar-refractivity contribution is 6.02. The smallest absolute Gasteiger partial charge is 0.203 e. The first-order valence-electron chi connectivity index (χ1n) is 6.79. The van der Waals surface area contributed by atoms with E-state index in [2.05, 4.69) is 0 Å². The van der Waals surface area contributed by atoms with Crippen LogP contribution in [0.15, 0.2) is 18.2 Å². The highest BCUT2D eigenvalue weighted by Crippen LogP contribution is 2.31. The zero-order valence-electron chi connectivity index (χ0n) is 10.5. The van der Waals surface area contributed by atoms with Gasteiger partial charge in [-0.15, -0.1) is 0 Å². The number of fused-ring (bicyclic) bond motifs is 1. The molecular formula is C15H18O3. The van der Waals surface area contributed by atoms with Crippen molar-refractivity contribution < 1.29 is 14.3 Å². The van der Waals surface area contributed by atoms with Crippen molar-refractivity contribution in [2.75, 3.05) is 6.61 Å². The van der Waals surface area contributed by atoms with Gasteiger partial charge in [0.1, 0.15) is 11.5 Å². The molecule has 96 valence electrons. The van der Waals surface area contributed by atoms with Gasteiger partial charge in [0.05, 0.1) is 11.7 Å². The Morgan fingerprint density at radius 3 is 2.67 bits per heavy atom. The Labute approximate surface area is 107 Å². The summed E-state index contributed by atoms with van der Waals surface area (Å²) in [6.45, 7) is 0.169. The second-order valence-electron chi connectivity index (χ2n) is 5.10. The monoisotopic (exact) mass is 246 g/mol. The van der Waals surface area contributed by atoms with Crippen molar-refractivity contribution in [1.29, 1.82) is 0 Å². The number of hydrogen-bond acceptors (Lipinski definition) is 3. The highest BCUT2D eigenvalue weighted by atomic mass is 16.5. The van der Waals surface area contributed by atoms with E-state index in [4.69, 9.17) is 9.47 Å². The molecule has 0 unspecified atom stereocenters. The minimum Gasteiger partial charge on any atom is -0.490 e. The van der Waals surface area contributed by atoms with Gasteiger partial charge in [0.2, 0.25) is 5.78 Å². The van der Waals surface area contributed by atoms with Crippen LogP contribution in [0.1, 0.15) is 48.9 Å². The molecule has 1 fully saturated rings. The molecule has 0 N–H and O–H groups in total. The van der Waals surface area contributed by atoms with E-state index in [0.29, 0.717) is 17.4 Å². The van der Waals surface area contributed by atoms with Crippen molar-refractivity contribution >= 4 is 5.78 Å². The maximum Gasteiger partial charge on any atom is 0.203 e. The zero-order chi connectivity index (χ0) is 12.4. The van der Waals surface area contributed by atoms with Gasteiger partial charge in [-0.05, 0) is 37.8 Å². The summed E-state index contributed by atoms with van der Waals surface area (Å²) in [7, 11) is 0. The van der Waals surface area contributed by atoms with Crippen LogP contribution in [0.4, 0.5) is 0 Å². The topological polar surface area (TPSA) is 35.5 Å². The number of carbonyl (C=O) groups is 1. The molecule has 3 rings (SSSR count). The summed E-state index contributed by atoms with van der Waals surface area (Å²) in [5, 5.41) is 0. The molecular weight excluding hydrogens is 228 g/mol. The Morgan fingerprint density at radius 2 is 1.89 bits per heavy atom. The quantitative estimate of drug-likeness (QED) is 0.750. The second kappa shape index (κ2) is 5.01. The lowest BCUT2D eigenvalue weighted by molar-refractivity contribution is 0.0961. The Balaban J connectivity index is 1.71. The van der Waals surface area contributed by atoms with Crippen molar-refractivity contribution in [3.63, 3.8) is 0 Å². The number of rotatable bonds is 2. The van der Waals surface area contributed by atoms with Gasteiger partial charge in [-0.25, -0.2) is 0 Å².